The van der Waals surface area contributed by atoms with Gasteiger partial charge in [-0.2, -0.15) is 5.26 Å². The summed E-state index contributed by atoms with van der Waals surface area (Å²) >= 11 is 3.34. The van der Waals surface area contributed by atoms with Crippen LogP contribution in [0, 0.1) is 17.2 Å². The molecule has 0 aliphatic heterocycles. The molecular weight excluding hydrogens is 266 g/mol. The molecule has 0 amide bonds. The molecule has 1 aromatic carbocycles. The predicted octanol–water partition coefficient (Wildman–Crippen LogP) is 3.67. The van der Waals surface area contributed by atoms with E-state index in [2.05, 4.69) is 22.0 Å². The molecule has 0 aliphatic rings. The van der Waals surface area contributed by atoms with Crippen molar-refractivity contribution in [1.29, 1.82) is 5.26 Å². The summed E-state index contributed by atoms with van der Waals surface area (Å²) in [6.07, 6.45) is 0.769. The first-order valence-electron chi connectivity index (χ1n) is 5.29. The molecule has 0 spiro atoms. The lowest BCUT2D eigenvalue weighted by Crippen LogP contribution is -2.18. The second kappa shape index (κ2) is 5.81. The van der Waals surface area contributed by atoms with Crippen LogP contribution in [0.1, 0.15) is 31.7 Å². The van der Waals surface area contributed by atoms with Gasteiger partial charge in [0.15, 0.2) is 5.78 Å². The Bertz CT molecular complexity index is 422. The number of carbonyl (C=O) groups is 1. The van der Waals surface area contributed by atoms with Gasteiger partial charge in [-0.15, -0.1) is 0 Å². The Morgan fingerprint density at radius 1 is 1.56 bits per heavy atom. The Morgan fingerprint density at radius 2 is 2.25 bits per heavy atom. The number of nitrogens with zero attached hydrogens (tertiary/aromatic N) is 1. The predicted molar refractivity (Wildman–Crippen MR) is 67.0 cm³/mol. The Labute approximate surface area is 104 Å². The molecule has 0 fully saturated rings. The lowest BCUT2D eigenvalue weighted by atomic mass is 9.88. The third-order valence-electron chi connectivity index (χ3n) is 2.69. The number of Topliss-reactive ketones (excluding diaryl/α,β-unsaturated/α-hetero) is 1. The van der Waals surface area contributed by atoms with Gasteiger partial charge in [-0.05, 0) is 24.1 Å². The van der Waals surface area contributed by atoms with Gasteiger partial charge in [-0.3, -0.25) is 4.79 Å². The number of ketones is 1. The SMILES string of the molecule is CCC(C)C(=O)C(C#N)c1cccc(Br)c1. The van der Waals surface area contributed by atoms with Gasteiger partial charge in [0.1, 0.15) is 5.92 Å². The maximum atomic E-state index is 12.0. The van der Waals surface area contributed by atoms with Crippen molar-refractivity contribution in [3.63, 3.8) is 0 Å². The fourth-order valence-corrected chi connectivity index (χ4v) is 1.89. The molecular formula is C13H14BrNO. The van der Waals surface area contributed by atoms with Crippen LogP contribution in [0.5, 0.6) is 0 Å². The molecule has 0 saturated carbocycles. The quantitative estimate of drug-likeness (QED) is 0.844. The van der Waals surface area contributed by atoms with Crippen LogP contribution >= 0.6 is 15.9 Å². The van der Waals surface area contributed by atoms with Gasteiger partial charge in [0.2, 0.25) is 0 Å². The first-order valence-corrected chi connectivity index (χ1v) is 6.08. The Morgan fingerprint density at radius 3 is 2.75 bits per heavy atom. The van der Waals surface area contributed by atoms with E-state index in [9.17, 15) is 4.79 Å². The summed E-state index contributed by atoms with van der Waals surface area (Å²) < 4.78 is 0.891. The molecule has 1 aromatic rings. The maximum absolute atomic E-state index is 12.0. The van der Waals surface area contributed by atoms with Crippen LogP contribution in [0.15, 0.2) is 28.7 Å². The van der Waals surface area contributed by atoms with Crippen molar-refractivity contribution < 1.29 is 4.79 Å². The van der Waals surface area contributed by atoms with Gasteiger partial charge in [0, 0.05) is 10.4 Å². The monoisotopic (exact) mass is 279 g/mol. The Kier molecular flexibility index (Phi) is 4.70. The van der Waals surface area contributed by atoms with Gasteiger partial charge in [0.05, 0.1) is 6.07 Å². The summed E-state index contributed by atoms with van der Waals surface area (Å²) in [6.45, 7) is 3.82. The highest BCUT2D eigenvalue weighted by atomic mass is 79.9. The van der Waals surface area contributed by atoms with Crippen LogP contribution in [0.4, 0.5) is 0 Å². The maximum Gasteiger partial charge on any atom is 0.157 e. The lowest BCUT2D eigenvalue weighted by molar-refractivity contribution is -0.122. The highest BCUT2D eigenvalue weighted by Crippen LogP contribution is 2.23. The summed E-state index contributed by atoms with van der Waals surface area (Å²) in [4.78, 5) is 12.0. The first kappa shape index (κ1) is 12.9. The van der Waals surface area contributed by atoms with E-state index in [1.165, 1.54) is 0 Å². The van der Waals surface area contributed by atoms with E-state index < -0.39 is 5.92 Å². The number of carbonyl (C=O) groups excluding carboxylic acids is 1. The van der Waals surface area contributed by atoms with Gasteiger partial charge in [-0.1, -0.05) is 41.9 Å². The van der Waals surface area contributed by atoms with Crippen molar-refractivity contribution in [2.45, 2.75) is 26.2 Å². The van der Waals surface area contributed by atoms with E-state index in [4.69, 9.17) is 5.26 Å². The lowest BCUT2D eigenvalue weighted by Gasteiger charge is -2.13. The minimum Gasteiger partial charge on any atom is -0.298 e. The number of hydrogen-bond acceptors (Lipinski definition) is 2. The van der Waals surface area contributed by atoms with Gasteiger partial charge in [-0.25, -0.2) is 0 Å². The van der Waals surface area contributed by atoms with E-state index in [-0.39, 0.29) is 11.7 Å². The highest BCUT2D eigenvalue weighted by Gasteiger charge is 2.24. The molecule has 0 bridgehead atoms. The van der Waals surface area contributed by atoms with E-state index in [1.807, 2.05) is 38.1 Å². The van der Waals surface area contributed by atoms with Crippen LogP contribution < -0.4 is 0 Å². The van der Waals surface area contributed by atoms with Crippen LogP contribution in [-0.2, 0) is 4.79 Å². The number of hydrogen-bond donors (Lipinski definition) is 0. The molecule has 0 saturated heterocycles. The highest BCUT2D eigenvalue weighted by molar-refractivity contribution is 9.10. The molecule has 84 valence electrons. The molecule has 3 heteroatoms. The number of halogens is 1. The number of rotatable bonds is 4. The van der Waals surface area contributed by atoms with Crippen molar-refractivity contribution >= 4 is 21.7 Å². The minimum absolute atomic E-state index is 0.00287. The van der Waals surface area contributed by atoms with Gasteiger partial charge in [0.25, 0.3) is 0 Å². The fraction of sp³-hybridized carbons (Fsp3) is 0.385. The topological polar surface area (TPSA) is 40.9 Å². The summed E-state index contributed by atoms with van der Waals surface area (Å²) in [6, 6.07) is 9.46. The molecule has 2 nitrogen and oxygen atoms in total. The average molecular weight is 280 g/mol. The summed E-state index contributed by atoms with van der Waals surface area (Å²) in [5, 5.41) is 9.10. The third-order valence-corrected chi connectivity index (χ3v) is 3.19. The normalized spacial score (nSPS) is 13.9. The molecule has 16 heavy (non-hydrogen) atoms. The van der Waals surface area contributed by atoms with Crippen LogP contribution in [0.2, 0.25) is 0 Å². The molecule has 0 aliphatic carbocycles. The van der Waals surface area contributed by atoms with Crippen LogP contribution in [0.3, 0.4) is 0 Å². The zero-order chi connectivity index (χ0) is 12.1. The first-order chi connectivity index (χ1) is 7.60. The minimum atomic E-state index is -0.646. The Balaban J connectivity index is 3.00. The zero-order valence-electron chi connectivity index (χ0n) is 9.40. The number of benzene rings is 1. The van der Waals surface area contributed by atoms with Crippen LogP contribution in [0.25, 0.3) is 0 Å². The van der Waals surface area contributed by atoms with E-state index in [0.717, 1.165) is 16.5 Å². The van der Waals surface area contributed by atoms with Crippen molar-refractivity contribution in [3.05, 3.63) is 34.3 Å². The molecule has 2 unspecified atom stereocenters. The van der Waals surface area contributed by atoms with Crippen LogP contribution in [-0.4, -0.2) is 5.78 Å². The van der Waals surface area contributed by atoms with Gasteiger partial charge >= 0.3 is 0 Å². The largest absolute Gasteiger partial charge is 0.298 e. The molecule has 0 heterocycles. The van der Waals surface area contributed by atoms with Crippen molar-refractivity contribution in [2.24, 2.45) is 5.92 Å². The van der Waals surface area contributed by atoms with Crippen molar-refractivity contribution in [1.82, 2.24) is 0 Å². The molecule has 1 rings (SSSR count). The third kappa shape index (κ3) is 2.93. The summed E-state index contributed by atoms with van der Waals surface area (Å²) in [5.41, 5.74) is 0.766. The standard InChI is InChI=1S/C13H14BrNO/c1-3-9(2)13(16)12(8-15)10-5-4-6-11(14)7-10/h4-7,9,12H,3H2,1-2H3. The zero-order valence-corrected chi connectivity index (χ0v) is 11.0. The molecule has 0 N–H and O–H groups in total. The van der Waals surface area contributed by atoms with E-state index in [0.29, 0.717) is 0 Å². The smallest absolute Gasteiger partial charge is 0.157 e. The molecule has 0 radical (unpaired) electrons. The Hall–Kier alpha value is -1.14. The molecule has 2 atom stereocenters. The number of nitriles is 1. The van der Waals surface area contributed by atoms with Gasteiger partial charge < -0.3 is 0 Å². The van der Waals surface area contributed by atoms with Crippen molar-refractivity contribution in [2.75, 3.05) is 0 Å². The average Bonchev–Trinajstić information content (AvgIpc) is 2.29. The van der Waals surface area contributed by atoms with Crippen molar-refractivity contribution in [3.8, 4) is 6.07 Å². The van der Waals surface area contributed by atoms with E-state index >= 15 is 0 Å². The fourth-order valence-electron chi connectivity index (χ4n) is 1.47. The summed E-state index contributed by atoms with van der Waals surface area (Å²) in [5.74, 6) is -0.709. The molecule has 0 aromatic heterocycles. The summed E-state index contributed by atoms with van der Waals surface area (Å²) in [7, 11) is 0. The second-order valence-corrected chi connectivity index (χ2v) is 4.74. The second-order valence-electron chi connectivity index (χ2n) is 3.83. The van der Waals surface area contributed by atoms with E-state index in [1.54, 1.807) is 0 Å².